The molecule has 7 nitrogen and oxygen atoms in total. The number of aromatic carboxylic acids is 1. The van der Waals surface area contributed by atoms with Gasteiger partial charge >= 0.3 is 5.97 Å². The number of hydrogen-bond acceptors (Lipinski definition) is 5. The maximum Gasteiger partial charge on any atom is 0.335 e. The van der Waals surface area contributed by atoms with Crippen LogP contribution in [0.2, 0.25) is 0 Å². The summed E-state index contributed by atoms with van der Waals surface area (Å²) in [6.07, 6.45) is 11.3. The summed E-state index contributed by atoms with van der Waals surface area (Å²) in [6, 6.07) is 7.58. The van der Waals surface area contributed by atoms with E-state index in [2.05, 4.69) is 17.3 Å². The second-order valence-corrected chi connectivity index (χ2v) is 7.55. The zero-order chi connectivity index (χ0) is 20.9. The highest BCUT2D eigenvalue weighted by atomic mass is 16.5. The van der Waals surface area contributed by atoms with Gasteiger partial charge in [0.05, 0.1) is 24.2 Å². The quantitative estimate of drug-likeness (QED) is 0.567. The summed E-state index contributed by atoms with van der Waals surface area (Å²) in [5.41, 5.74) is -0.512. The van der Waals surface area contributed by atoms with Crippen molar-refractivity contribution in [3.05, 3.63) is 29.8 Å². The molecule has 29 heavy (non-hydrogen) atoms. The van der Waals surface area contributed by atoms with Gasteiger partial charge in [-0.1, -0.05) is 12.3 Å². The maximum atomic E-state index is 12.8. The third-order valence-corrected chi connectivity index (χ3v) is 5.65. The van der Waals surface area contributed by atoms with Gasteiger partial charge in [0.15, 0.2) is 5.72 Å². The SMILES string of the molecule is C#C[C@H]1CC[C@@H](C#N)N1C(=O)CNC1(Oc2ccc(C(=O)O)cc2)CCCCC1. The van der Waals surface area contributed by atoms with E-state index in [1.54, 1.807) is 12.1 Å². The van der Waals surface area contributed by atoms with Crippen molar-refractivity contribution in [3.8, 4) is 24.2 Å². The number of nitrogens with zero attached hydrogens (tertiary/aromatic N) is 2. The molecule has 1 aromatic rings. The van der Waals surface area contributed by atoms with Crippen LogP contribution in [-0.4, -0.2) is 46.2 Å². The van der Waals surface area contributed by atoms with Crippen molar-refractivity contribution in [1.29, 1.82) is 5.26 Å². The van der Waals surface area contributed by atoms with E-state index in [1.807, 2.05) is 0 Å². The van der Waals surface area contributed by atoms with Crippen molar-refractivity contribution in [2.45, 2.75) is 62.8 Å². The number of carbonyl (C=O) groups is 2. The minimum Gasteiger partial charge on any atom is -0.478 e. The molecule has 1 aliphatic carbocycles. The van der Waals surface area contributed by atoms with Crippen molar-refractivity contribution in [3.63, 3.8) is 0 Å². The predicted octanol–water partition coefficient (Wildman–Crippen LogP) is 2.53. The van der Waals surface area contributed by atoms with E-state index in [-0.39, 0.29) is 24.1 Å². The number of likely N-dealkylation sites (tertiary alicyclic amines) is 1. The minimum absolute atomic E-state index is 0.0313. The van der Waals surface area contributed by atoms with Crippen LogP contribution >= 0.6 is 0 Å². The number of nitrogens with one attached hydrogen (secondary N) is 1. The van der Waals surface area contributed by atoms with E-state index in [0.717, 1.165) is 32.1 Å². The van der Waals surface area contributed by atoms with Crippen LogP contribution in [0.25, 0.3) is 0 Å². The smallest absolute Gasteiger partial charge is 0.335 e. The lowest BCUT2D eigenvalue weighted by Crippen LogP contribution is -2.55. The molecule has 2 aliphatic rings. The highest BCUT2D eigenvalue weighted by Gasteiger charge is 2.39. The van der Waals surface area contributed by atoms with E-state index in [1.165, 1.54) is 17.0 Å². The van der Waals surface area contributed by atoms with Gasteiger partial charge in [0.25, 0.3) is 0 Å². The molecule has 2 atom stereocenters. The van der Waals surface area contributed by atoms with Crippen molar-refractivity contribution < 1.29 is 19.4 Å². The van der Waals surface area contributed by atoms with Gasteiger partial charge in [-0.15, -0.1) is 6.42 Å². The molecule has 0 bridgehead atoms. The second-order valence-electron chi connectivity index (χ2n) is 7.55. The van der Waals surface area contributed by atoms with E-state index in [4.69, 9.17) is 16.3 Å². The summed E-state index contributed by atoms with van der Waals surface area (Å²) in [7, 11) is 0. The molecular formula is C22H25N3O4. The normalized spacial score (nSPS) is 23.0. The molecule has 1 aliphatic heterocycles. The Hall–Kier alpha value is -3.03. The average Bonchev–Trinajstić information content (AvgIpc) is 3.16. The summed E-state index contributed by atoms with van der Waals surface area (Å²) in [5.74, 6) is 1.96. The molecule has 0 aromatic heterocycles. The molecule has 1 saturated heterocycles. The Morgan fingerprint density at radius 1 is 1.21 bits per heavy atom. The predicted molar refractivity (Wildman–Crippen MR) is 106 cm³/mol. The molecule has 7 heteroatoms. The highest BCUT2D eigenvalue weighted by molar-refractivity contribution is 5.87. The van der Waals surface area contributed by atoms with E-state index < -0.39 is 17.7 Å². The molecule has 3 rings (SSSR count). The Kier molecular flexibility index (Phi) is 6.41. The molecule has 1 aromatic carbocycles. The third-order valence-electron chi connectivity index (χ3n) is 5.65. The summed E-state index contributed by atoms with van der Waals surface area (Å²) < 4.78 is 6.22. The first-order valence-electron chi connectivity index (χ1n) is 9.92. The van der Waals surface area contributed by atoms with E-state index in [0.29, 0.717) is 18.6 Å². The first-order valence-corrected chi connectivity index (χ1v) is 9.92. The molecule has 1 amide bonds. The highest BCUT2D eigenvalue weighted by Crippen LogP contribution is 2.31. The molecule has 152 valence electrons. The molecule has 0 radical (unpaired) electrons. The molecular weight excluding hydrogens is 370 g/mol. The number of ether oxygens (including phenoxy) is 1. The minimum atomic E-state index is -0.992. The largest absolute Gasteiger partial charge is 0.478 e. The van der Waals surface area contributed by atoms with Crippen LogP contribution in [0.15, 0.2) is 24.3 Å². The Bertz CT molecular complexity index is 809. The molecule has 1 saturated carbocycles. The molecule has 2 fully saturated rings. The molecule has 0 spiro atoms. The lowest BCUT2D eigenvalue weighted by molar-refractivity contribution is -0.133. The number of amides is 1. The van der Waals surface area contributed by atoms with Crippen molar-refractivity contribution in [1.82, 2.24) is 10.2 Å². The Morgan fingerprint density at radius 2 is 1.86 bits per heavy atom. The number of carboxylic acids is 1. The number of benzene rings is 1. The van der Waals surface area contributed by atoms with Gasteiger partial charge in [-0.3, -0.25) is 10.1 Å². The first-order chi connectivity index (χ1) is 14.0. The zero-order valence-corrected chi connectivity index (χ0v) is 16.3. The number of carbonyl (C=O) groups excluding carboxylic acids is 1. The monoisotopic (exact) mass is 395 g/mol. The maximum absolute atomic E-state index is 12.8. The third kappa shape index (κ3) is 4.70. The Balaban J connectivity index is 1.70. The van der Waals surface area contributed by atoms with Gasteiger partial charge in [0.1, 0.15) is 11.8 Å². The number of nitriles is 1. The van der Waals surface area contributed by atoms with E-state index in [9.17, 15) is 14.9 Å². The fourth-order valence-corrected chi connectivity index (χ4v) is 4.11. The van der Waals surface area contributed by atoms with Crippen molar-refractivity contribution >= 4 is 11.9 Å². The van der Waals surface area contributed by atoms with Crippen LogP contribution in [0, 0.1) is 23.7 Å². The van der Waals surface area contributed by atoms with Gasteiger partial charge in [-0.25, -0.2) is 4.79 Å². The van der Waals surface area contributed by atoms with Gasteiger partial charge in [-0.05, 0) is 49.9 Å². The van der Waals surface area contributed by atoms with Gasteiger partial charge in [-0.2, -0.15) is 5.26 Å². The Labute approximate surface area is 170 Å². The van der Waals surface area contributed by atoms with Crippen LogP contribution in [0.3, 0.4) is 0 Å². The Morgan fingerprint density at radius 3 is 2.45 bits per heavy atom. The topological polar surface area (TPSA) is 103 Å². The standard InChI is InChI=1S/C22H25N3O4/c1-2-17-8-9-18(14-23)25(17)20(26)15-24-22(12-4-3-5-13-22)29-19-10-6-16(7-11-19)21(27)28/h1,6-7,10-11,17-18,24H,3-5,8-9,12-13,15H2,(H,27,28)/t17-,18-/m0/s1. The second kappa shape index (κ2) is 8.98. The number of rotatable bonds is 6. The lowest BCUT2D eigenvalue weighted by atomic mass is 9.91. The number of terminal acetylenes is 1. The van der Waals surface area contributed by atoms with E-state index >= 15 is 0 Å². The summed E-state index contributed by atoms with van der Waals surface area (Å²) >= 11 is 0. The number of carboxylic acid groups (broad SMARTS) is 1. The summed E-state index contributed by atoms with van der Waals surface area (Å²) in [5, 5.41) is 21.7. The molecule has 1 heterocycles. The first kappa shape index (κ1) is 20.7. The number of hydrogen-bond donors (Lipinski definition) is 2. The van der Waals surface area contributed by atoms with Crippen LogP contribution in [0.1, 0.15) is 55.3 Å². The van der Waals surface area contributed by atoms with Crippen LogP contribution < -0.4 is 10.1 Å². The summed E-state index contributed by atoms with van der Waals surface area (Å²) in [4.78, 5) is 25.4. The summed E-state index contributed by atoms with van der Waals surface area (Å²) in [6.45, 7) is 0.0313. The zero-order valence-electron chi connectivity index (χ0n) is 16.3. The van der Waals surface area contributed by atoms with Gasteiger partial charge < -0.3 is 14.7 Å². The van der Waals surface area contributed by atoms with Crippen molar-refractivity contribution in [2.75, 3.05) is 6.54 Å². The van der Waals surface area contributed by atoms with Gasteiger partial charge in [0, 0.05) is 12.8 Å². The lowest BCUT2D eigenvalue weighted by Gasteiger charge is -2.39. The van der Waals surface area contributed by atoms with Crippen LogP contribution in [0.4, 0.5) is 0 Å². The fraction of sp³-hybridized carbons (Fsp3) is 0.500. The molecule has 2 N–H and O–H groups in total. The molecule has 0 unspecified atom stereocenters. The van der Waals surface area contributed by atoms with Gasteiger partial charge in [0.2, 0.25) is 5.91 Å². The van der Waals surface area contributed by atoms with Crippen molar-refractivity contribution in [2.24, 2.45) is 0 Å². The van der Waals surface area contributed by atoms with Crippen LogP contribution in [-0.2, 0) is 4.79 Å². The fourth-order valence-electron chi connectivity index (χ4n) is 4.11. The van der Waals surface area contributed by atoms with Crippen LogP contribution in [0.5, 0.6) is 5.75 Å². The average molecular weight is 395 g/mol.